The van der Waals surface area contributed by atoms with Gasteiger partial charge in [-0.3, -0.25) is 0 Å². The second-order valence-electron chi connectivity index (χ2n) is 4.21. The Bertz CT molecular complexity index is 322. The van der Waals surface area contributed by atoms with Crippen LogP contribution in [0.25, 0.3) is 0 Å². The lowest BCUT2D eigenvalue weighted by Gasteiger charge is -2.15. The van der Waals surface area contributed by atoms with E-state index in [1.165, 1.54) is 11.4 Å². The van der Waals surface area contributed by atoms with E-state index in [4.69, 9.17) is 10.5 Å². The lowest BCUT2D eigenvalue weighted by molar-refractivity contribution is 0.194. The molecule has 3 N–H and O–H groups in total. The van der Waals surface area contributed by atoms with Crippen molar-refractivity contribution >= 4 is 0 Å². The number of hydrogen-bond donors (Lipinski definition) is 2. The standard InChI is InChI=1S/C11H19N3O/c1-15-6-2-3-11-13-9-5-4-8(12)7-10(9)14-11/h8H,2-7,12H2,1H3,(H,13,14). The van der Waals surface area contributed by atoms with E-state index in [2.05, 4.69) is 9.97 Å². The summed E-state index contributed by atoms with van der Waals surface area (Å²) in [5, 5.41) is 0. The highest BCUT2D eigenvalue weighted by Crippen LogP contribution is 2.18. The van der Waals surface area contributed by atoms with Gasteiger partial charge < -0.3 is 15.5 Å². The first-order valence-corrected chi connectivity index (χ1v) is 5.60. The van der Waals surface area contributed by atoms with Crippen LogP contribution in [0.15, 0.2) is 0 Å². The third-order valence-electron chi connectivity index (χ3n) is 2.89. The summed E-state index contributed by atoms with van der Waals surface area (Å²) in [6.07, 6.45) is 5.03. The molecule has 1 heterocycles. The molecule has 4 heteroatoms. The fraction of sp³-hybridized carbons (Fsp3) is 0.727. The molecule has 4 nitrogen and oxygen atoms in total. The minimum atomic E-state index is 0.310. The molecule has 15 heavy (non-hydrogen) atoms. The molecule has 2 rings (SSSR count). The minimum Gasteiger partial charge on any atom is -0.385 e. The van der Waals surface area contributed by atoms with Gasteiger partial charge in [0.1, 0.15) is 5.82 Å². The maximum Gasteiger partial charge on any atom is 0.106 e. The Hall–Kier alpha value is -0.870. The molecule has 0 spiro atoms. The second kappa shape index (κ2) is 4.77. The zero-order valence-corrected chi connectivity index (χ0v) is 9.25. The molecule has 1 aromatic rings. The number of nitrogens with two attached hydrogens (primary N) is 1. The van der Waals surface area contributed by atoms with Crippen molar-refractivity contribution in [2.24, 2.45) is 5.73 Å². The van der Waals surface area contributed by atoms with E-state index in [-0.39, 0.29) is 0 Å². The summed E-state index contributed by atoms with van der Waals surface area (Å²) in [5.74, 6) is 1.09. The third kappa shape index (κ3) is 2.58. The largest absolute Gasteiger partial charge is 0.385 e. The number of aryl methyl sites for hydroxylation is 2. The molecule has 1 aromatic heterocycles. The fourth-order valence-electron chi connectivity index (χ4n) is 2.07. The van der Waals surface area contributed by atoms with Crippen LogP contribution in [-0.4, -0.2) is 29.7 Å². The summed E-state index contributed by atoms with van der Waals surface area (Å²) < 4.78 is 5.02. The number of nitrogens with one attached hydrogen (secondary N) is 1. The first-order valence-electron chi connectivity index (χ1n) is 5.60. The molecule has 1 unspecified atom stereocenters. The quantitative estimate of drug-likeness (QED) is 0.721. The average molecular weight is 209 g/mol. The Balaban J connectivity index is 1.96. The van der Waals surface area contributed by atoms with Gasteiger partial charge in [-0.25, -0.2) is 4.98 Å². The number of methoxy groups -OCH3 is 1. The number of ether oxygens (including phenoxy) is 1. The van der Waals surface area contributed by atoms with Gasteiger partial charge in [0.05, 0.1) is 5.69 Å². The van der Waals surface area contributed by atoms with Crippen molar-refractivity contribution in [2.75, 3.05) is 13.7 Å². The van der Waals surface area contributed by atoms with Crippen LogP contribution < -0.4 is 5.73 Å². The molecular formula is C11H19N3O. The van der Waals surface area contributed by atoms with Gasteiger partial charge in [0, 0.05) is 38.3 Å². The Morgan fingerprint density at radius 1 is 1.60 bits per heavy atom. The van der Waals surface area contributed by atoms with Crippen LogP contribution in [0, 0.1) is 0 Å². The SMILES string of the molecule is COCCCc1nc2c([nH]1)CC(N)CC2. The monoisotopic (exact) mass is 209 g/mol. The van der Waals surface area contributed by atoms with E-state index in [1.54, 1.807) is 7.11 Å². The Labute approximate surface area is 90.2 Å². The zero-order chi connectivity index (χ0) is 10.7. The van der Waals surface area contributed by atoms with Crippen molar-refractivity contribution in [3.8, 4) is 0 Å². The van der Waals surface area contributed by atoms with Crippen molar-refractivity contribution < 1.29 is 4.74 Å². The first kappa shape index (κ1) is 10.6. The lowest BCUT2D eigenvalue weighted by Crippen LogP contribution is -2.27. The molecule has 0 saturated heterocycles. The number of hydrogen-bond acceptors (Lipinski definition) is 3. The number of H-pyrrole nitrogens is 1. The number of rotatable bonds is 4. The van der Waals surface area contributed by atoms with Gasteiger partial charge in [-0.05, 0) is 19.3 Å². The van der Waals surface area contributed by atoms with Crippen LogP contribution in [0.5, 0.6) is 0 Å². The summed E-state index contributed by atoms with van der Waals surface area (Å²) in [7, 11) is 1.73. The molecule has 1 aliphatic rings. The summed E-state index contributed by atoms with van der Waals surface area (Å²) in [6, 6.07) is 0.310. The summed E-state index contributed by atoms with van der Waals surface area (Å²) in [4.78, 5) is 7.97. The van der Waals surface area contributed by atoms with Gasteiger partial charge in [-0.2, -0.15) is 0 Å². The van der Waals surface area contributed by atoms with Crippen molar-refractivity contribution in [3.63, 3.8) is 0 Å². The third-order valence-corrected chi connectivity index (χ3v) is 2.89. The highest BCUT2D eigenvalue weighted by molar-refractivity contribution is 5.19. The maximum absolute atomic E-state index is 5.91. The van der Waals surface area contributed by atoms with Gasteiger partial charge >= 0.3 is 0 Å². The summed E-state index contributed by atoms with van der Waals surface area (Å²) in [5.41, 5.74) is 8.39. The lowest BCUT2D eigenvalue weighted by atomic mass is 9.97. The number of aromatic nitrogens is 2. The number of imidazole rings is 1. The van der Waals surface area contributed by atoms with E-state index < -0.39 is 0 Å². The van der Waals surface area contributed by atoms with Crippen LogP contribution in [0.2, 0.25) is 0 Å². The van der Waals surface area contributed by atoms with Gasteiger partial charge in [0.25, 0.3) is 0 Å². The Morgan fingerprint density at radius 3 is 3.27 bits per heavy atom. The van der Waals surface area contributed by atoms with Crippen molar-refractivity contribution in [1.29, 1.82) is 0 Å². The van der Waals surface area contributed by atoms with E-state index in [9.17, 15) is 0 Å². The molecule has 0 saturated carbocycles. The van der Waals surface area contributed by atoms with Crippen LogP contribution in [0.4, 0.5) is 0 Å². The van der Waals surface area contributed by atoms with E-state index in [1.807, 2.05) is 0 Å². The highest BCUT2D eigenvalue weighted by Gasteiger charge is 2.18. The number of aromatic amines is 1. The highest BCUT2D eigenvalue weighted by atomic mass is 16.5. The average Bonchev–Trinajstić information content (AvgIpc) is 2.60. The van der Waals surface area contributed by atoms with E-state index >= 15 is 0 Å². The van der Waals surface area contributed by atoms with Crippen molar-refractivity contribution in [3.05, 3.63) is 17.2 Å². The van der Waals surface area contributed by atoms with Crippen LogP contribution in [0.1, 0.15) is 30.1 Å². The van der Waals surface area contributed by atoms with Crippen molar-refractivity contribution in [2.45, 2.75) is 38.1 Å². The number of fused-ring (bicyclic) bond motifs is 1. The number of nitrogens with zero attached hydrogens (tertiary/aromatic N) is 1. The maximum atomic E-state index is 5.91. The predicted molar refractivity (Wildman–Crippen MR) is 58.8 cm³/mol. The predicted octanol–water partition coefficient (Wildman–Crippen LogP) is 0.805. The molecule has 84 valence electrons. The van der Waals surface area contributed by atoms with E-state index in [0.29, 0.717) is 6.04 Å². The van der Waals surface area contributed by atoms with Gasteiger partial charge in [-0.1, -0.05) is 0 Å². The molecule has 0 aliphatic heterocycles. The first-order chi connectivity index (χ1) is 7.29. The minimum absolute atomic E-state index is 0.310. The Kier molecular flexibility index (Phi) is 3.38. The van der Waals surface area contributed by atoms with Crippen LogP contribution >= 0.6 is 0 Å². The molecule has 0 aromatic carbocycles. The Morgan fingerprint density at radius 2 is 2.47 bits per heavy atom. The molecule has 1 aliphatic carbocycles. The molecule has 0 bridgehead atoms. The van der Waals surface area contributed by atoms with Crippen LogP contribution in [0.3, 0.4) is 0 Å². The summed E-state index contributed by atoms with van der Waals surface area (Å²) in [6.45, 7) is 0.797. The van der Waals surface area contributed by atoms with Crippen LogP contribution in [-0.2, 0) is 24.0 Å². The molecule has 0 radical (unpaired) electrons. The second-order valence-corrected chi connectivity index (χ2v) is 4.21. The molecule has 1 atom stereocenters. The topological polar surface area (TPSA) is 63.9 Å². The summed E-state index contributed by atoms with van der Waals surface area (Å²) >= 11 is 0. The van der Waals surface area contributed by atoms with Gasteiger partial charge in [-0.15, -0.1) is 0 Å². The van der Waals surface area contributed by atoms with Gasteiger partial charge in [0.15, 0.2) is 0 Å². The molecular weight excluding hydrogens is 190 g/mol. The fourth-order valence-corrected chi connectivity index (χ4v) is 2.07. The molecule has 0 fully saturated rings. The zero-order valence-electron chi connectivity index (χ0n) is 9.25. The smallest absolute Gasteiger partial charge is 0.106 e. The molecule has 0 amide bonds. The van der Waals surface area contributed by atoms with Gasteiger partial charge in [0.2, 0.25) is 0 Å². The van der Waals surface area contributed by atoms with E-state index in [0.717, 1.165) is 44.5 Å². The normalized spacial score (nSPS) is 20.3. The van der Waals surface area contributed by atoms with Crippen molar-refractivity contribution in [1.82, 2.24) is 9.97 Å².